The van der Waals surface area contributed by atoms with E-state index >= 15 is 0 Å². The Bertz CT molecular complexity index is 629. The Kier molecular flexibility index (Phi) is 57.9. The molecule has 0 aliphatic rings. The smallest absolute Gasteiger partial charge is 2.00 e. The van der Waals surface area contributed by atoms with Gasteiger partial charge in [0.25, 0.3) is 0 Å². The van der Waals surface area contributed by atoms with Crippen LogP contribution < -0.4 is 41.6 Å². The summed E-state index contributed by atoms with van der Waals surface area (Å²) in [6, 6.07) is 0. The minimum absolute atomic E-state index is 0. The van der Waals surface area contributed by atoms with Gasteiger partial charge in [-0.25, -0.2) is 0 Å². The molecule has 0 rings (SSSR count). The van der Waals surface area contributed by atoms with Gasteiger partial charge in [-0.3, -0.25) is 0 Å². The normalized spacial score (nSPS) is 10.0. The van der Waals surface area contributed by atoms with E-state index in [9.17, 15) is 0 Å². The van der Waals surface area contributed by atoms with E-state index in [2.05, 4.69) is 0 Å². The summed E-state index contributed by atoms with van der Waals surface area (Å²) >= 11 is -28.8. The van der Waals surface area contributed by atoms with Crippen LogP contribution in [0, 0.1) is 71.2 Å². The number of hydrogen-bond donors (Lipinski definition) is 0. The molecule has 0 bridgehead atoms. The standard InChI is InChI=1S/5Cr.2La.20O.2Sr/q;;;;;2*+3;;;;;;;;;;;10*-1;2*+2. The van der Waals surface area contributed by atoms with Gasteiger partial charge < -0.3 is 0 Å². The Balaban J connectivity index is -0.0000000238. The second kappa shape index (κ2) is 28.2. The van der Waals surface area contributed by atoms with Crippen molar-refractivity contribution in [1.29, 1.82) is 0 Å². The fourth-order valence-electron chi connectivity index (χ4n) is 0. The molecule has 0 N–H and O–H groups in total. The molecule has 29 heteroatoms. The first-order chi connectivity index (χ1) is 10.0. The molecule has 0 aromatic rings. The third-order valence-electron chi connectivity index (χ3n) is 0. The molecule has 0 unspecified atom stereocenters. The van der Waals surface area contributed by atoms with Crippen LogP contribution in [0.15, 0.2) is 0 Å². The molecular formula is Cr5La2O20Sr2. The number of hydrogen-bond acceptors (Lipinski definition) is 20. The predicted molar refractivity (Wildman–Crippen MR) is 18.4 cm³/mol. The Morgan fingerprint density at radius 3 is 0.276 bits per heavy atom. The average molecular weight is 1030 g/mol. The average Bonchev–Trinajstić information content (AvgIpc) is 1.79. The fraction of sp³-hybridized carbons (Fsp3) is 0. The molecule has 0 fully saturated rings. The van der Waals surface area contributed by atoms with E-state index in [0.29, 0.717) is 0 Å². The van der Waals surface area contributed by atoms with Crippen LogP contribution >= 0.6 is 0 Å². The van der Waals surface area contributed by atoms with Crippen molar-refractivity contribution < 1.29 is 219 Å². The van der Waals surface area contributed by atoms with E-state index in [1.54, 1.807) is 0 Å². The van der Waals surface area contributed by atoms with Gasteiger partial charge in [-0.15, -0.1) is 0 Å². The van der Waals surface area contributed by atoms with Crippen molar-refractivity contribution in [3.63, 3.8) is 0 Å². The third kappa shape index (κ3) is 1070. The molecule has 0 saturated carbocycles. The first-order valence-corrected chi connectivity index (χ1v) is 13.7. The van der Waals surface area contributed by atoms with Crippen LogP contribution in [-0.4, -0.2) is 91.0 Å². The van der Waals surface area contributed by atoms with Gasteiger partial charge in [-0.2, -0.15) is 0 Å². The Morgan fingerprint density at radius 2 is 0.276 bits per heavy atom. The van der Waals surface area contributed by atoms with E-state index in [1.807, 2.05) is 0 Å². The molecule has 0 radical (unpaired) electrons. The molecule has 0 spiro atoms. The van der Waals surface area contributed by atoms with Crippen molar-refractivity contribution in [2.75, 3.05) is 0 Å². The maximum Gasteiger partial charge on any atom is 2.00 e. The molecule has 0 amide bonds. The van der Waals surface area contributed by atoms with Crippen molar-refractivity contribution in [3.8, 4) is 0 Å². The Hall–Kier alpha value is 5.61. The van der Waals surface area contributed by atoms with Crippen molar-refractivity contribution in [1.82, 2.24) is 0 Å². The van der Waals surface area contributed by atoms with Crippen molar-refractivity contribution in [3.05, 3.63) is 0 Å². The van der Waals surface area contributed by atoms with Crippen LogP contribution in [0.5, 0.6) is 0 Å². The molecule has 160 valence electrons. The van der Waals surface area contributed by atoms with Crippen molar-refractivity contribution in [2.45, 2.75) is 0 Å². The summed E-state index contributed by atoms with van der Waals surface area (Å²) in [7, 11) is 0. The second-order valence-electron chi connectivity index (χ2n) is 2.04. The molecule has 0 aromatic heterocycles. The summed E-state index contributed by atoms with van der Waals surface area (Å²) < 4.78 is 172. The van der Waals surface area contributed by atoms with E-state index in [4.69, 9.17) is 79.6 Å². The Morgan fingerprint density at radius 1 is 0.276 bits per heavy atom. The second-order valence-corrected chi connectivity index (χ2v) is 8.42. The van der Waals surface area contributed by atoms with Gasteiger partial charge in [0.2, 0.25) is 0 Å². The molecule has 0 saturated heterocycles. The minimum Gasteiger partial charge on any atom is 2.00 e. The van der Waals surface area contributed by atoms with Crippen LogP contribution in [0.3, 0.4) is 0 Å². The monoisotopic (exact) mass is 1030 g/mol. The van der Waals surface area contributed by atoms with Gasteiger partial charge in [0, 0.05) is 0 Å². The summed E-state index contributed by atoms with van der Waals surface area (Å²) in [5.41, 5.74) is 0. The summed E-state index contributed by atoms with van der Waals surface area (Å²) in [6.07, 6.45) is 0. The third-order valence-corrected chi connectivity index (χ3v) is 0. The van der Waals surface area contributed by atoms with Gasteiger partial charge >= 0.3 is 310 Å². The topological polar surface area (TPSA) is 401 Å². The summed E-state index contributed by atoms with van der Waals surface area (Å²) in [5.74, 6) is 0. The van der Waals surface area contributed by atoms with E-state index in [0.717, 1.165) is 0 Å². The molecule has 0 aliphatic carbocycles. The van der Waals surface area contributed by atoms with E-state index in [-0.39, 0.29) is 162 Å². The largest absolute Gasteiger partial charge is 2.00 e. The molecule has 29 heavy (non-hydrogen) atoms. The Labute approximate surface area is 302 Å². The zero-order chi connectivity index (χ0) is 22.5. The predicted octanol–water partition coefficient (Wildman–Crippen LogP) is -13.9. The summed E-state index contributed by atoms with van der Waals surface area (Å²) in [6.45, 7) is 0. The first-order valence-electron chi connectivity index (χ1n) is 3.33. The quantitative estimate of drug-likeness (QED) is 0.203. The zero-order valence-electron chi connectivity index (χ0n) is 12.8. The molecule has 0 atom stereocenters. The molecule has 0 aliphatic heterocycles. The van der Waals surface area contributed by atoms with Gasteiger partial charge in [0.05, 0.1) is 0 Å². The van der Waals surface area contributed by atoms with Crippen LogP contribution in [0.2, 0.25) is 0 Å². The summed E-state index contributed by atoms with van der Waals surface area (Å²) in [4.78, 5) is 0. The molecule has 0 aromatic carbocycles. The van der Waals surface area contributed by atoms with Gasteiger partial charge in [0.15, 0.2) is 0 Å². The van der Waals surface area contributed by atoms with Crippen molar-refractivity contribution >= 4 is 91.0 Å². The molecular weight excluding hydrogens is 1030 g/mol. The first kappa shape index (κ1) is 59.6. The molecule has 0 heterocycles. The van der Waals surface area contributed by atoms with Crippen LogP contribution in [0.1, 0.15) is 0 Å². The van der Waals surface area contributed by atoms with Gasteiger partial charge in [-0.1, -0.05) is 0 Å². The van der Waals surface area contributed by atoms with Crippen LogP contribution in [0.25, 0.3) is 0 Å². The minimum atomic E-state index is -5.75. The van der Waals surface area contributed by atoms with Crippen LogP contribution in [0.4, 0.5) is 0 Å². The van der Waals surface area contributed by atoms with Crippen LogP contribution in [-0.2, 0) is 106 Å². The maximum absolute atomic E-state index is 8.59. The number of rotatable bonds is 0. The van der Waals surface area contributed by atoms with E-state index < -0.39 is 68.1 Å². The maximum atomic E-state index is 8.59. The SMILES string of the molecule is [La+3].[La+3].[O]=[Cr](=[O])([O-])[O-].[O]=[Cr](=[O])([O-])[O-].[O]=[Cr](=[O])([O-])[O-].[O]=[Cr](=[O])([O-])[O-].[O]=[Cr](=[O])([O-])[O-].[Sr+2].[Sr+2]. The summed E-state index contributed by atoms with van der Waals surface area (Å²) in [5, 5.41) is 0. The van der Waals surface area contributed by atoms with Gasteiger partial charge in [-0.05, 0) is 0 Å². The zero-order valence-corrected chi connectivity index (χ0v) is 33.4. The van der Waals surface area contributed by atoms with E-state index in [1.165, 1.54) is 0 Å². The fourth-order valence-corrected chi connectivity index (χ4v) is 0. The van der Waals surface area contributed by atoms with Gasteiger partial charge in [0.1, 0.15) is 0 Å². The van der Waals surface area contributed by atoms with Crippen molar-refractivity contribution in [2.24, 2.45) is 0 Å². The molecule has 20 nitrogen and oxygen atoms in total.